The number of unbranched alkanes of at least 4 members (excludes halogenated alkanes) is 1. The number of alkyl halides is 1. The summed E-state index contributed by atoms with van der Waals surface area (Å²) in [7, 11) is 0. The summed E-state index contributed by atoms with van der Waals surface area (Å²) in [5, 5.41) is 2.29. The Morgan fingerprint density at radius 1 is 1.15 bits per heavy atom. The number of hydrogen-bond acceptors (Lipinski definition) is 2. The van der Waals surface area contributed by atoms with Crippen LogP contribution in [0.1, 0.15) is 37.3 Å². The maximum absolute atomic E-state index is 12.8. The Hall–Kier alpha value is -2.81. The number of nitrogens with zero attached hydrogens (tertiary/aromatic N) is 2. The summed E-state index contributed by atoms with van der Waals surface area (Å²) >= 11 is 0. The van der Waals surface area contributed by atoms with Crippen LogP contribution in [0.5, 0.6) is 0 Å². The number of aromatic nitrogens is 2. The highest BCUT2D eigenvalue weighted by molar-refractivity contribution is 5.96. The first kappa shape index (κ1) is 19.0. The molecule has 0 saturated heterocycles. The molecule has 0 fully saturated rings. The number of benzene rings is 2. The van der Waals surface area contributed by atoms with Gasteiger partial charge in [-0.3, -0.25) is 0 Å². The van der Waals surface area contributed by atoms with Crippen LogP contribution in [0.4, 0.5) is 4.39 Å². The molecular weight excluding hydrogens is 335 g/mol. The van der Waals surface area contributed by atoms with E-state index in [1.807, 2.05) is 24.5 Å². The van der Waals surface area contributed by atoms with E-state index in [9.17, 15) is 4.39 Å². The Morgan fingerprint density at radius 3 is 2.70 bits per heavy atom. The van der Waals surface area contributed by atoms with Crippen molar-refractivity contribution < 1.29 is 4.39 Å². The molecule has 1 unspecified atom stereocenters. The van der Waals surface area contributed by atoms with Gasteiger partial charge >= 0.3 is 0 Å². The molecule has 0 bridgehead atoms. The maximum Gasteiger partial charge on any atom is 0.159 e. The van der Waals surface area contributed by atoms with Crippen LogP contribution in [0.15, 0.2) is 67.5 Å². The average Bonchev–Trinajstić information content (AvgIpc) is 2.68. The maximum atomic E-state index is 12.8. The van der Waals surface area contributed by atoms with Gasteiger partial charge in [0.25, 0.3) is 0 Å². The van der Waals surface area contributed by atoms with Crippen LogP contribution >= 0.6 is 0 Å². The third-order valence-corrected chi connectivity index (χ3v) is 4.51. The van der Waals surface area contributed by atoms with Crippen LogP contribution in [0.3, 0.4) is 0 Å². The van der Waals surface area contributed by atoms with Crippen molar-refractivity contribution in [2.75, 3.05) is 0 Å². The molecule has 3 rings (SSSR count). The zero-order chi connectivity index (χ0) is 19.1. The molecule has 1 heterocycles. The predicted octanol–water partition coefficient (Wildman–Crippen LogP) is 6.57. The fraction of sp³-hybridized carbons (Fsp3) is 0.250. The highest BCUT2D eigenvalue weighted by atomic mass is 19.1. The Morgan fingerprint density at radius 2 is 1.96 bits per heavy atom. The molecule has 27 heavy (non-hydrogen) atoms. The van der Waals surface area contributed by atoms with Gasteiger partial charge < -0.3 is 0 Å². The molecule has 0 saturated carbocycles. The van der Waals surface area contributed by atoms with Crippen molar-refractivity contribution >= 4 is 16.8 Å². The van der Waals surface area contributed by atoms with Crippen LogP contribution in [-0.4, -0.2) is 16.1 Å². The van der Waals surface area contributed by atoms with E-state index in [2.05, 4.69) is 59.0 Å². The van der Waals surface area contributed by atoms with Crippen LogP contribution in [0, 0.1) is 0 Å². The van der Waals surface area contributed by atoms with Crippen LogP contribution in [0.25, 0.3) is 28.2 Å². The second kappa shape index (κ2) is 9.22. The number of rotatable bonds is 8. The molecule has 1 atom stereocenters. The molecule has 2 aromatic carbocycles. The summed E-state index contributed by atoms with van der Waals surface area (Å²) in [6.07, 6.45) is 12.3. The minimum absolute atomic E-state index is 0.622. The van der Waals surface area contributed by atoms with Gasteiger partial charge in [-0.2, -0.15) is 0 Å². The predicted molar refractivity (Wildman–Crippen MR) is 112 cm³/mol. The number of halogens is 1. The van der Waals surface area contributed by atoms with Crippen LogP contribution < -0.4 is 0 Å². The van der Waals surface area contributed by atoms with E-state index in [1.54, 1.807) is 6.92 Å². The minimum atomic E-state index is -0.717. The Balaban J connectivity index is 1.80. The molecule has 0 aliphatic carbocycles. The van der Waals surface area contributed by atoms with E-state index in [4.69, 9.17) is 0 Å². The van der Waals surface area contributed by atoms with Gasteiger partial charge in [0.15, 0.2) is 5.82 Å². The molecule has 3 heteroatoms. The molecular formula is C24H25FN2. The zero-order valence-electron chi connectivity index (χ0n) is 15.7. The SMILES string of the molecule is C=CCc1cnc(-c2cccc3cc(C=CCCCC(C)F)ccc23)nc1. The highest BCUT2D eigenvalue weighted by Crippen LogP contribution is 2.27. The summed E-state index contributed by atoms with van der Waals surface area (Å²) in [4.78, 5) is 9.04. The van der Waals surface area contributed by atoms with Gasteiger partial charge in [0.1, 0.15) is 0 Å². The summed E-state index contributed by atoms with van der Waals surface area (Å²) < 4.78 is 12.8. The summed E-state index contributed by atoms with van der Waals surface area (Å²) in [6.45, 7) is 5.36. The third-order valence-electron chi connectivity index (χ3n) is 4.51. The highest BCUT2D eigenvalue weighted by Gasteiger charge is 2.07. The lowest BCUT2D eigenvalue weighted by Gasteiger charge is -2.07. The van der Waals surface area contributed by atoms with Crippen molar-refractivity contribution in [3.8, 4) is 11.4 Å². The van der Waals surface area contributed by atoms with E-state index in [0.717, 1.165) is 52.5 Å². The first-order chi connectivity index (χ1) is 13.2. The van der Waals surface area contributed by atoms with Crippen molar-refractivity contribution in [3.05, 3.63) is 78.6 Å². The lowest BCUT2D eigenvalue weighted by Crippen LogP contribution is -1.92. The van der Waals surface area contributed by atoms with E-state index < -0.39 is 6.17 Å². The minimum Gasteiger partial charge on any atom is -0.248 e. The molecule has 0 N–H and O–H groups in total. The lowest BCUT2D eigenvalue weighted by atomic mass is 10.0. The molecule has 0 radical (unpaired) electrons. The number of allylic oxidation sites excluding steroid dienone is 2. The van der Waals surface area contributed by atoms with Crippen molar-refractivity contribution in [1.29, 1.82) is 0 Å². The zero-order valence-corrected chi connectivity index (χ0v) is 15.7. The molecule has 3 aromatic rings. The Kier molecular flexibility index (Phi) is 6.48. The van der Waals surface area contributed by atoms with Gasteiger partial charge in [-0.25, -0.2) is 14.4 Å². The third kappa shape index (κ3) is 5.10. The van der Waals surface area contributed by atoms with Crippen molar-refractivity contribution in [1.82, 2.24) is 9.97 Å². The molecule has 1 aromatic heterocycles. The fourth-order valence-electron chi connectivity index (χ4n) is 3.10. The van der Waals surface area contributed by atoms with Gasteiger partial charge in [-0.15, -0.1) is 6.58 Å². The quantitative estimate of drug-likeness (QED) is 0.335. The first-order valence-corrected chi connectivity index (χ1v) is 9.43. The smallest absolute Gasteiger partial charge is 0.159 e. The monoisotopic (exact) mass is 360 g/mol. The molecule has 0 aliphatic rings. The molecule has 0 spiro atoms. The van der Waals surface area contributed by atoms with Crippen molar-refractivity contribution in [2.24, 2.45) is 0 Å². The number of hydrogen-bond donors (Lipinski definition) is 0. The number of fused-ring (bicyclic) bond motifs is 1. The van der Waals surface area contributed by atoms with Gasteiger partial charge in [-0.05, 0) is 60.6 Å². The lowest BCUT2D eigenvalue weighted by molar-refractivity contribution is 0.335. The van der Waals surface area contributed by atoms with Gasteiger partial charge in [0, 0.05) is 18.0 Å². The van der Waals surface area contributed by atoms with Crippen LogP contribution in [-0.2, 0) is 6.42 Å². The molecule has 0 aliphatic heterocycles. The summed E-state index contributed by atoms with van der Waals surface area (Å²) in [5.41, 5.74) is 3.24. The Labute approximate surface area is 160 Å². The second-order valence-corrected chi connectivity index (χ2v) is 6.81. The van der Waals surface area contributed by atoms with E-state index in [-0.39, 0.29) is 0 Å². The van der Waals surface area contributed by atoms with Crippen molar-refractivity contribution in [3.63, 3.8) is 0 Å². The normalized spacial score (nSPS) is 12.5. The van der Waals surface area contributed by atoms with Crippen LogP contribution in [0.2, 0.25) is 0 Å². The largest absolute Gasteiger partial charge is 0.248 e. The van der Waals surface area contributed by atoms with Gasteiger partial charge in [0.05, 0.1) is 6.17 Å². The van der Waals surface area contributed by atoms with Crippen molar-refractivity contribution in [2.45, 2.75) is 38.8 Å². The first-order valence-electron chi connectivity index (χ1n) is 9.43. The van der Waals surface area contributed by atoms with E-state index in [1.165, 1.54) is 0 Å². The van der Waals surface area contributed by atoms with E-state index in [0.29, 0.717) is 6.42 Å². The Bertz CT molecular complexity index is 927. The molecule has 138 valence electrons. The second-order valence-electron chi connectivity index (χ2n) is 6.81. The summed E-state index contributed by atoms with van der Waals surface area (Å²) in [6, 6.07) is 12.6. The average molecular weight is 360 g/mol. The molecule has 0 amide bonds. The fourth-order valence-corrected chi connectivity index (χ4v) is 3.10. The standard InChI is InChI=1S/C24H25FN2/c1-3-8-20-16-26-24(27-17-20)23-12-7-11-21-15-19(13-14-22(21)23)10-6-4-5-9-18(2)25/h3,6-7,10-18H,1,4-5,8-9H2,2H3. The topological polar surface area (TPSA) is 25.8 Å². The van der Waals surface area contributed by atoms with Gasteiger partial charge in [0.2, 0.25) is 0 Å². The summed E-state index contributed by atoms with van der Waals surface area (Å²) in [5.74, 6) is 0.733. The van der Waals surface area contributed by atoms with E-state index >= 15 is 0 Å². The molecule has 2 nitrogen and oxygen atoms in total. The van der Waals surface area contributed by atoms with Gasteiger partial charge in [-0.1, -0.05) is 48.6 Å².